The third-order valence-corrected chi connectivity index (χ3v) is 4.63. The van der Waals surface area contributed by atoms with Crippen LogP contribution in [0.25, 0.3) is 0 Å². The molecule has 3 rings (SSSR count). The van der Waals surface area contributed by atoms with Crippen LogP contribution in [0, 0.1) is 5.41 Å². The first-order valence-electron chi connectivity index (χ1n) is 7.01. The molecule has 2 aliphatic rings. The van der Waals surface area contributed by atoms with Gasteiger partial charge in [-0.05, 0) is 48.9 Å². The number of amides is 1. The number of carbonyl (C=O) groups excluding carboxylic acids is 2. The fraction of sp³-hybridized carbons (Fsp3) is 0.500. The van der Waals surface area contributed by atoms with E-state index in [1.807, 2.05) is 24.1 Å². The molecule has 0 unspecified atom stereocenters. The molecule has 0 N–H and O–H groups in total. The molecule has 0 aromatic heterocycles. The van der Waals surface area contributed by atoms with Gasteiger partial charge in [0.05, 0.1) is 18.1 Å². The van der Waals surface area contributed by atoms with Gasteiger partial charge in [-0.2, -0.15) is 0 Å². The number of ether oxygens (including phenoxy) is 1. The second kappa shape index (κ2) is 4.62. The summed E-state index contributed by atoms with van der Waals surface area (Å²) in [6.07, 6.45) is 3.54. The molecule has 4 nitrogen and oxygen atoms in total. The Morgan fingerprint density at radius 1 is 1.30 bits per heavy atom. The number of likely N-dealkylation sites (tertiary alicyclic amines) is 1. The number of hydrogen-bond donors (Lipinski definition) is 0. The number of nitrogens with zero attached hydrogens (tertiary/aromatic N) is 1. The highest BCUT2D eigenvalue weighted by Crippen LogP contribution is 2.44. The van der Waals surface area contributed by atoms with Crippen LogP contribution < -0.4 is 0 Å². The number of piperidine rings is 1. The topological polar surface area (TPSA) is 46.6 Å². The van der Waals surface area contributed by atoms with E-state index in [1.54, 1.807) is 6.07 Å². The molecule has 1 aliphatic carbocycles. The third-order valence-electron chi connectivity index (χ3n) is 4.63. The molecule has 1 aromatic carbocycles. The van der Waals surface area contributed by atoms with Gasteiger partial charge in [0.1, 0.15) is 0 Å². The van der Waals surface area contributed by atoms with E-state index in [9.17, 15) is 9.59 Å². The maximum Gasteiger partial charge on any atom is 0.337 e. The van der Waals surface area contributed by atoms with Crippen molar-refractivity contribution in [2.45, 2.75) is 25.7 Å². The second-order valence-electron chi connectivity index (χ2n) is 5.94. The Morgan fingerprint density at radius 2 is 2.05 bits per heavy atom. The lowest BCUT2D eigenvalue weighted by Gasteiger charge is -2.37. The van der Waals surface area contributed by atoms with Gasteiger partial charge in [-0.15, -0.1) is 0 Å². The van der Waals surface area contributed by atoms with E-state index >= 15 is 0 Å². The minimum Gasteiger partial charge on any atom is -0.465 e. The smallest absolute Gasteiger partial charge is 0.337 e. The molecule has 1 spiro atoms. The summed E-state index contributed by atoms with van der Waals surface area (Å²) in [6.45, 7) is 0.852. The lowest BCUT2D eigenvalue weighted by molar-refractivity contribution is -0.144. The van der Waals surface area contributed by atoms with Gasteiger partial charge in [0.15, 0.2) is 0 Å². The van der Waals surface area contributed by atoms with Gasteiger partial charge in [-0.3, -0.25) is 4.79 Å². The van der Waals surface area contributed by atoms with Crippen LogP contribution in [0.3, 0.4) is 0 Å². The zero-order valence-corrected chi connectivity index (χ0v) is 11.9. The van der Waals surface area contributed by atoms with Crippen LogP contribution in [-0.2, 0) is 22.4 Å². The molecule has 0 radical (unpaired) electrons. The van der Waals surface area contributed by atoms with Crippen LogP contribution in [0.2, 0.25) is 0 Å². The summed E-state index contributed by atoms with van der Waals surface area (Å²) in [7, 11) is 3.27. The monoisotopic (exact) mass is 273 g/mol. The Labute approximate surface area is 118 Å². The van der Waals surface area contributed by atoms with Crippen molar-refractivity contribution in [2.75, 3.05) is 20.7 Å². The standard InChI is InChI=1S/C16H19NO3/c1-17-7-3-6-16(15(17)19)9-12-5-4-11(14(18)20-2)8-13(12)10-16/h4-5,8H,3,6-7,9-10H2,1-2H3/t16-/m0/s1. The highest BCUT2D eigenvalue weighted by Gasteiger charge is 2.46. The Kier molecular flexibility index (Phi) is 3.04. The van der Waals surface area contributed by atoms with Crippen LogP contribution in [0.1, 0.15) is 34.3 Å². The van der Waals surface area contributed by atoms with Gasteiger partial charge in [0.25, 0.3) is 0 Å². The molecule has 0 bridgehead atoms. The minimum absolute atomic E-state index is 0.250. The number of rotatable bonds is 1. The van der Waals surface area contributed by atoms with E-state index in [0.717, 1.165) is 37.8 Å². The van der Waals surface area contributed by atoms with E-state index in [2.05, 4.69) is 0 Å². The quantitative estimate of drug-likeness (QED) is 0.733. The number of hydrogen-bond acceptors (Lipinski definition) is 3. The lowest BCUT2D eigenvalue weighted by atomic mass is 9.76. The molecule has 1 atom stereocenters. The first-order chi connectivity index (χ1) is 9.55. The van der Waals surface area contributed by atoms with Crippen molar-refractivity contribution < 1.29 is 14.3 Å². The fourth-order valence-electron chi connectivity index (χ4n) is 3.60. The van der Waals surface area contributed by atoms with Gasteiger partial charge in [0.2, 0.25) is 5.91 Å². The zero-order chi connectivity index (χ0) is 14.3. The Bertz CT molecular complexity index is 581. The Hall–Kier alpha value is -1.84. The molecule has 1 aromatic rings. The fourth-order valence-corrected chi connectivity index (χ4v) is 3.60. The van der Waals surface area contributed by atoms with Crippen molar-refractivity contribution in [1.82, 2.24) is 4.90 Å². The average molecular weight is 273 g/mol. The van der Waals surface area contributed by atoms with Crippen molar-refractivity contribution in [2.24, 2.45) is 5.41 Å². The summed E-state index contributed by atoms with van der Waals surface area (Å²) in [5, 5.41) is 0. The van der Waals surface area contributed by atoms with E-state index in [1.165, 1.54) is 12.7 Å². The first kappa shape index (κ1) is 13.2. The summed E-state index contributed by atoms with van der Waals surface area (Å²) < 4.78 is 4.76. The van der Waals surface area contributed by atoms with Crippen LogP contribution in [0.15, 0.2) is 18.2 Å². The molecule has 1 heterocycles. The van der Waals surface area contributed by atoms with Gasteiger partial charge >= 0.3 is 5.97 Å². The van der Waals surface area contributed by atoms with Gasteiger partial charge in [0, 0.05) is 13.6 Å². The Balaban J connectivity index is 1.92. The van der Waals surface area contributed by atoms with E-state index in [-0.39, 0.29) is 17.3 Å². The zero-order valence-electron chi connectivity index (χ0n) is 11.9. The predicted octanol–water partition coefficient (Wildman–Crippen LogP) is 1.81. The highest BCUT2D eigenvalue weighted by atomic mass is 16.5. The van der Waals surface area contributed by atoms with Gasteiger partial charge in [-0.25, -0.2) is 4.79 Å². The van der Waals surface area contributed by atoms with Crippen molar-refractivity contribution in [3.63, 3.8) is 0 Å². The van der Waals surface area contributed by atoms with Crippen LogP contribution in [0.5, 0.6) is 0 Å². The Morgan fingerprint density at radius 3 is 2.80 bits per heavy atom. The summed E-state index contributed by atoms with van der Waals surface area (Å²) >= 11 is 0. The number of fused-ring (bicyclic) bond motifs is 1. The largest absolute Gasteiger partial charge is 0.465 e. The van der Waals surface area contributed by atoms with E-state index < -0.39 is 0 Å². The molecule has 1 amide bonds. The van der Waals surface area contributed by atoms with E-state index in [4.69, 9.17) is 4.74 Å². The minimum atomic E-state index is -0.319. The molecule has 1 fully saturated rings. The molecule has 106 valence electrons. The lowest BCUT2D eigenvalue weighted by Crippen LogP contribution is -2.47. The number of benzene rings is 1. The third kappa shape index (κ3) is 1.90. The van der Waals surface area contributed by atoms with Gasteiger partial charge in [-0.1, -0.05) is 6.07 Å². The molecule has 4 heteroatoms. The summed E-state index contributed by atoms with van der Waals surface area (Å²) in [6, 6.07) is 5.65. The summed E-state index contributed by atoms with van der Waals surface area (Å²) in [5.41, 5.74) is 2.61. The first-order valence-corrected chi connectivity index (χ1v) is 7.01. The maximum atomic E-state index is 12.5. The molecule has 0 saturated carbocycles. The normalized spacial score (nSPS) is 24.9. The van der Waals surface area contributed by atoms with E-state index in [0.29, 0.717) is 5.56 Å². The van der Waals surface area contributed by atoms with Crippen molar-refractivity contribution in [1.29, 1.82) is 0 Å². The maximum absolute atomic E-state index is 12.5. The van der Waals surface area contributed by atoms with Crippen molar-refractivity contribution >= 4 is 11.9 Å². The summed E-state index contributed by atoms with van der Waals surface area (Å²) in [5.74, 6) is -0.0691. The number of carbonyl (C=O) groups is 2. The number of methoxy groups -OCH3 is 1. The average Bonchev–Trinajstić information content (AvgIpc) is 2.82. The molecular weight excluding hydrogens is 254 g/mol. The van der Waals surface area contributed by atoms with Crippen LogP contribution in [0.4, 0.5) is 0 Å². The second-order valence-corrected chi connectivity index (χ2v) is 5.94. The van der Waals surface area contributed by atoms with Gasteiger partial charge < -0.3 is 9.64 Å². The molecule has 1 saturated heterocycles. The van der Waals surface area contributed by atoms with Crippen LogP contribution >= 0.6 is 0 Å². The van der Waals surface area contributed by atoms with Crippen LogP contribution in [-0.4, -0.2) is 37.5 Å². The predicted molar refractivity (Wildman–Crippen MR) is 74.5 cm³/mol. The van der Waals surface area contributed by atoms with Crippen molar-refractivity contribution in [3.05, 3.63) is 34.9 Å². The molecule has 20 heavy (non-hydrogen) atoms. The van der Waals surface area contributed by atoms with Crippen molar-refractivity contribution in [3.8, 4) is 0 Å². The highest BCUT2D eigenvalue weighted by molar-refractivity contribution is 5.90. The number of esters is 1. The molecule has 1 aliphatic heterocycles. The molecular formula is C16H19NO3. The SMILES string of the molecule is COC(=O)c1ccc2c(c1)C[C@]1(CCCN(C)C1=O)C2. The summed E-state index contributed by atoms with van der Waals surface area (Å²) in [4.78, 5) is 26.0.